The number of anilines is 1. The molecule has 3 aromatic carbocycles. The van der Waals surface area contributed by atoms with Crippen LogP contribution >= 0.6 is 0 Å². The fraction of sp³-hybridized carbons (Fsp3) is 0.200. The van der Waals surface area contributed by atoms with E-state index in [9.17, 15) is 9.00 Å². The standard InChI is InChI=1S/C25H26N4O4S/c1-3-12-33-23-14-18(10-11-22(23)17-6-5-9-21(13-17)28-34(31)32)25(30)29(2)16-20-8-4-7-19-15-26-27-24(19)20/h4-11,13-15,28H,3,12,16H2,1-2H3,(H,26,27)(H,31,32). The van der Waals surface area contributed by atoms with E-state index < -0.39 is 11.3 Å². The summed E-state index contributed by atoms with van der Waals surface area (Å²) in [7, 11) is 1.77. The molecule has 0 aliphatic carbocycles. The van der Waals surface area contributed by atoms with Crippen LogP contribution in [-0.2, 0) is 17.8 Å². The molecule has 4 aromatic rings. The molecular formula is C25H26N4O4S. The van der Waals surface area contributed by atoms with Crippen molar-refractivity contribution < 1.29 is 18.3 Å². The zero-order valence-corrected chi connectivity index (χ0v) is 19.8. The van der Waals surface area contributed by atoms with Crippen molar-refractivity contribution in [1.82, 2.24) is 15.1 Å². The van der Waals surface area contributed by atoms with Crippen molar-refractivity contribution in [3.63, 3.8) is 0 Å². The molecule has 1 atom stereocenters. The highest BCUT2D eigenvalue weighted by atomic mass is 32.2. The van der Waals surface area contributed by atoms with Crippen LogP contribution in [0, 0.1) is 0 Å². The number of aromatic nitrogens is 2. The molecule has 0 radical (unpaired) electrons. The Hall–Kier alpha value is -3.69. The van der Waals surface area contributed by atoms with Gasteiger partial charge in [0.2, 0.25) is 0 Å². The van der Waals surface area contributed by atoms with E-state index in [0.717, 1.165) is 34.0 Å². The summed E-state index contributed by atoms with van der Waals surface area (Å²) in [6.45, 7) is 2.94. The van der Waals surface area contributed by atoms with E-state index >= 15 is 0 Å². The van der Waals surface area contributed by atoms with Gasteiger partial charge in [-0.25, -0.2) is 4.21 Å². The second kappa shape index (κ2) is 10.5. The highest BCUT2D eigenvalue weighted by molar-refractivity contribution is 7.80. The van der Waals surface area contributed by atoms with Gasteiger partial charge in [0, 0.05) is 35.8 Å². The van der Waals surface area contributed by atoms with Crippen LogP contribution in [0.2, 0.25) is 0 Å². The van der Waals surface area contributed by atoms with Crippen LogP contribution in [0.3, 0.4) is 0 Å². The Kier molecular flexibility index (Phi) is 7.24. The molecule has 0 bridgehead atoms. The summed E-state index contributed by atoms with van der Waals surface area (Å²) in [4.78, 5) is 14.9. The van der Waals surface area contributed by atoms with Gasteiger partial charge in [0.25, 0.3) is 17.2 Å². The lowest BCUT2D eigenvalue weighted by Crippen LogP contribution is -2.26. The molecule has 3 N–H and O–H groups in total. The lowest BCUT2D eigenvalue weighted by Gasteiger charge is -2.19. The van der Waals surface area contributed by atoms with E-state index in [2.05, 4.69) is 14.9 Å². The molecule has 1 amide bonds. The number of hydrogen-bond donors (Lipinski definition) is 3. The van der Waals surface area contributed by atoms with Gasteiger partial charge in [0.15, 0.2) is 0 Å². The van der Waals surface area contributed by atoms with Crippen molar-refractivity contribution in [2.75, 3.05) is 18.4 Å². The van der Waals surface area contributed by atoms with Crippen LogP contribution in [0.5, 0.6) is 5.75 Å². The lowest BCUT2D eigenvalue weighted by molar-refractivity contribution is 0.0785. The second-order valence-electron chi connectivity index (χ2n) is 7.90. The number of para-hydroxylation sites is 1. The van der Waals surface area contributed by atoms with Crippen LogP contribution in [0.15, 0.2) is 66.9 Å². The molecule has 0 saturated heterocycles. The number of fused-ring (bicyclic) bond motifs is 1. The topological polar surface area (TPSA) is 108 Å². The number of rotatable bonds is 9. The number of nitrogens with one attached hydrogen (secondary N) is 2. The number of aromatic amines is 1. The van der Waals surface area contributed by atoms with Crippen molar-refractivity contribution in [3.8, 4) is 16.9 Å². The monoisotopic (exact) mass is 478 g/mol. The lowest BCUT2D eigenvalue weighted by atomic mass is 10.0. The van der Waals surface area contributed by atoms with Gasteiger partial charge >= 0.3 is 0 Å². The fourth-order valence-electron chi connectivity index (χ4n) is 3.79. The average molecular weight is 479 g/mol. The Morgan fingerprint density at radius 1 is 1.18 bits per heavy atom. The molecular weight excluding hydrogens is 452 g/mol. The molecule has 34 heavy (non-hydrogen) atoms. The van der Waals surface area contributed by atoms with Gasteiger partial charge in [-0.2, -0.15) is 5.10 Å². The predicted molar refractivity (Wildman–Crippen MR) is 134 cm³/mol. The minimum Gasteiger partial charge on any atom is -0.493 e. The highest BCUT2D eigenvalue weighted by Gasteiger charge is 2.17. The van der Waals surface area contributed by atoms with Crippen molar-refractivity contribution in [2.45, 2.75) is 19.9 Å². The number of carbonyl (C=O) groups is 1. The van der Waals surface area contributed by atoms with Crippen molar-refractivity contribution in [2.24, 2.45) is 0 Å². The summed E-state index contributed by atoms with van der Waals surface area (Å²) < 4.78 is 28.7. The van der Waals surface area contributed by atoms with Crippen molar-refractivity contribution >= 4 is 33.8 Å². The van der Waals surface area contributed by atoms with Crippen molar-refractivity contribution in [3.05, 3.63) is 78.0 Å². The Labute approximate surface area is 200 Å². The normalized spacial score (nSPS) is 11.9. The third-order valence-corrected chi connectivity index (χ3v) is 5.80. The molecule has 1 aromatic heterocycles. The van der Waals surface area contributed by atoms with Crippen LogP contribution in [-0.4, -0.2) is 43.4 Å². The highest BCUT2D eigenvalue weighted by Crippen LogP contribution is 2.33. The second-order valence-corrected chi connectivity index (χ2v) is 8.61. The summed E-state index contributed by atoms with van der Waals surface area (Å²) >= 11 is -2.17. The molecule has 0 spiro atoms. The number of hydrogen-bond acceptors (Lipinski definition) is 4. The third-order valence-electron chi connectivity index (χ3n) is 5.39. The molecule has 1 heterocycles. The predicted octanol–water partition coefficient (Wildman–Crippen LogP) is 4.84. The van der Waals surface area contributed by atoms with Crippen LogP contribution < -0.4 is 9.46 Å². The van der Waals surface area contributed by atoms with Crippen LogP contribution in [0.4, 0.5) is 5.69 Å². The molecule has 1 unspecified atom stereocenters. The molecule has 0 aliphatic heterocycles. The summed E-state index contributed by atoms with van der Waals surface area (Å²) in [5.74, 6) is 0.453. The first-order chi connectivity index (χ1) is 16.5. The number of benzene rings is 3. The molecule has 8 nitrogen and oxygen atoms in total. The third kappa shape index (κ3) is 5.27. The number of amides is 1. The SMILES string of the molecule is CCCOc1cc(C(=O)N(C)Cc2cccc3cn[nH]c23)ccc1-c1cccc(NS(=O)O)c1. The summed E-state index contributed by atoms with van der Waals surface area (Å²) in [5, 5.41) is 8.09. The molecule has 4 rings (SSSR count). The van der Waals surface area contributed by atoms with E-state index in [1.165, 1.54) is 0 Å². The fourth-order valence-corrected chi connectivity index (χ4v) is 4.11. The molecule has 176 valence electrons. The summed E-state index contributed by atoms with van der Waals surface area (Å²) in [6.07, 6.45) is 2.58. The van der Waals surface area contributed by atoms with Gasteiger partial charge in [-0.3, -0.25) is 19.2 Å². The first-order valence-corrected chi connectivity index (χ1v) is 12.0. The average Bonchev–Trinajstić information content (AvgIpc) is 3.32. The van der Waals surface area contributed by atoms with E-state index in [4.69, 9.17) is 9.29 Å². The van der Waals surface area contributed by atoms with Gasteiger partial charge in [-0.05, 0) is 47.9 Å². The number of carbonyl (C=O) groups excluding carboxylic acids is 1. The van der Waals surface area contributed by atoms with Gasteiger partial charge in [0.1, 0.15) is 5.75 Å². The first kappa shape index (κ1) is 23.5. The maximum atomic E-state index is 13.2. The smallest absolute Gasteiger partial charge is 0.259 e. The van der Waals surface area contributed by atoms with E-state index in [1.54, 1.807) is 48.5 Å². The summed E-state index contributed by atoms with van der Waals surface area (Å²) in [6, 6.07) is 18.4. The Balaban J connectivity index is 1.61. The first-order valence-electron chi connectivity index (χ1n) is 10.9. The van der Waals surface area contributed by atoms with E-state index in [0.29, 0.717) is 30.2 Å². The Morgan fingerprint density at radius 2 is 2.00 bits per heavy atom. The minimum absolute atomic E-state index is 0.129. The van der Waals surface area contributed by atoms with Gasteiger partial charge in [-0.1, -0.05) is 37.3 Å². The van der Waals surface area contributed by atoms with Gasteiger partial charge < -0.3 is 9.64 Å². The number of ether oxygens (including phenoxy) is 1. The summed E-state index contributed by atoms with van der Waals surface area (Å²) in [5.41, 5.74) is 4.52. The largest absolute Gasteiger partial charge is 0.493 e. The van der Waals surface area contributed by atoms with Gasteiger partial charge in [-0.15, -0.1) is 0 Å². The maximum Gasteiger partial charge on any atom is 0.259 e. The van der Waals surface area contributed by atoms with Gasteiger partial charge in [0.05, 0.1) is 18.3 Å². The van der Waals surface area contributed by atoms with E-state index in [1.807, 2.05) is 37.3 Å². The van der Waals surface area contributed by atoms with Crippen LogP contribution in [0.25, 0.3) is 22.0 Å². The number of nitrogens with zero attached hydrogens (tertiary/aromatic N) is 2. The quantitative estimate of drug-likeness (QED) is 0.298. The maximum absolute atomic E-state index is 13.2. The molecule has 9 heteroatoms. The Bertz CT molecular complexity index is 1340. The van der Waals surface area contributed by atoms with Crippen LogP contribution in [0.1, 0.15) is 29.3 Å². The molecule has 0 aliphatic rings. The minimum atomic E-state index is -2.17. The molecule has 0 fully saturated rings. The number of H-pyrrole nitrogens is 1. The Morgan fingerprint density at radius 3 is 2.79 bits per heavy atom. The zero-order valence-electron chi connectivity index (χ0n) is 18.9. The van der Waals surface area contributed by atoms with Crippen molar-refractivity contribution in [1.29, 1.82) is 0 Å². The molecule has 0 saturated carbocycles. The zero-order chi connectivity index (χ0) is 24.1. The van der Waals surface area contributed by atoms with E-state index in [-0.39, 0.29) is 5.91 Å².